The largest absolute Gasteiger partial charge is 0.395 e. The first-order valence-corrected chi connectivity index (χ1v) is 11.7. The second kappa shape index (κ2) is 12.9. The Morgan fingerprint density at radius 3 is 1.25 bits per heavy atom. The summed E-state index contributed by atoms with van der Waals surface area (Å²) in [4.78, 5) is 3.92. The number of benzene rings is 3. The van der Waals surface area contributed by atoms with Gasteiger partial charge in [0, 0.05) is 38.6 Å². The lowest BCUT2D eigenvalue weighted by Crippen LogP contribution is -2.20. The molecule has 0 atom stereocenters. The molecule has 0 aromatic heterocycles. The molecule has 0 unspecified atom stereocenters. The smallest absolute Gasteiger partial charge is 0.0998 e. The molecule has 0 fully saturated rings. The summed E-state index contributed by atoms with van der Waals surface area (Å²) < 4.78 is 0. The van der Waals surface area contributed by atoms with Gasteiger partial charge in [0.2, 0.25) is 0 Å². The number of anilines is 2. The predicted octanol–water partition coefficient (Wildman–Crippen LogP) is 4.67. The SMILES string of the molecule is CN(CCO)c1ccc(/C=C(\C#N)c2ccc(/C(C#N)=C\c3ccc(N(C)CCO)cc3)cc2)cc1. The Morgan fingerprint density at radius 1 is 0.639 bits per heavy atom. The Kier molecular flexibility index (Phi) is 9.42. The molecule has 0 radical (unpaired) electrons. The average molecular weight is 479 g/mol. The Labute approximate surface area is 212 Å². The van der Waals surface area contributed by atoms with Crippen molar-refractivity contribution in [1.29, 1.82) is 10.5 Å². The van der Waals surface area contributed by atoms with Crippen molar-refractivity contribution >= 4 is 34.7 Å². The van der Waals surface area contributed by atoms with E-state index in [1.54, 1.807) is 0 Å². The van der Waals surface area contributed by atoms with Crippen molar-refractivity contribution in [3.63, 3.8) is 0 Å². The molecule has 0 amide bonds. The molecule has 2 N–H and O–H groups in total. The van der Waals surface area contributed by atoms with Crippen molar-refractivity contribution in [3.05, 3.63) is 95.1 Å². The van der Waals surface area contributed by atoms with E-state index >= 15 is 0 Å². The lowest BCUT2D eigenvalue weighted by atomic mass is 9.98. The quantitative estimate of drug-likeness (QED) is 0.325. The molecular formula is C30H30N4O2. The standard InChI is InChI=1S/C30H30N4O2/c1-33(15-17-35)29-11-3-23(4-12-29)19-27(21-31)25-7-9-26(10-8-25)28(22-32)20-24-5-13-30(14-6-24)34(2)16-18-36/h3-14,19-20,35-36H,15-18H2,1-2H3/b27-19-,28-20+. The van der Waals surface area contributed by atoms with E-state index in [9.17, 15) is 10.5 Å². The summed E-state index contributed by atoms with van der Waals surface area (Å²) in [5.41, 5.74) is 6.40. The number of aliphatic hydroxyl groups excluding tert-OH is 2. The number of rotatable bonds is 10. The third-order valence-electron chi connectivity index (χ3n) is 5.91. The monoisotopic (exact) mass is 478 g/mol. The first kappa shape index (κ1) is 26.2. The number of nitrogens with zero attached hydrogens (tertiary/aromatic N) is 4. The van der Waals surface area contributed by atoms with Gasteiger partial charge in [-0.15, -0.1) is 0 Å². The molecule has 182 valence electrons. The maximum atomic E-state index is 9.73. The van der Waals surface area contributed by atoms with Crippen molar-refractivity contribution in [2.75, 3.05) is 50.2 Å². The third kappa shape index (κ3) is 6.84. The van der Waals surface area contributed by atoms with Crippen LogP contribution in [0.15, 0.2) is 72.8 Å². The zero-order valence-corrected chi connectivity index (χ0v) is 20.6. The number of hydrogen-bond acceptors (Lipinski definition) is 6. The van der Waals surface area contributed by atoms with E-state index in [0.29, 0.717) is 24.2 Å². The van der Waals surface area contributed by atoms with Crippen LogP contribution in [0.25, 0.3) is 23.3 Å². The van der Waals surface area contributed by atoms with Crippen molar-refractivity contribution in [2.45, 2.75) is 0 Å². The van der Waals surface area contributed by atoms with Crippen LogP contribution in [-0.4, -0.2) is 50.6 Å². The molecule has 3 aromatic carbocycles. The fourth-order valence-electron chi connectivity index (χ4n) is 3.73. The van der Waals surface area contributed by atoms with E-state index in [2.05, 4.69) is 12.1 Å². The van der Waals surface area contributed by atoms with E-state index < -0.39 is 0 Å². The molecule has 0 saturated heterocycles. The van der Waals surface area contributed by atoms with Crippen LogP contribution in [0.3, 0.4) is 0 Å². The van der Waals surface area contributed by atoms with Gasteiger partial charge >= 0.3 is 0 Å². The Hall–Kier alpha value is -4.36. The van der Waals surface area contributed by atoms with E-state index in [4.69, 9.17) is 10.2 Å². The number of aliphatic hydroxyl groups is 2. The molecule has 0 aliphatic carbocycles. The second-order valence-corrected chi connectivity index (χ2v) is 8.39. The number of hydrogen-bond donors (Lipinski definition) is 2. The zero-order chi connectivity index (χ0) is 25.9. The highest BCUT2D eigenvalue weighted by atomic mass is 16.3. The summed E-state index contributed by atoms with van der Waals surface area (Å²) in [6, 6.07) is 27.6. The molecule has 0 aliphatic rings. The molecule has 36 heavy (non-hydrogen) atoms. The molecule has 0 heterocycles. The summed E-state index contributed by atoms with van der Waals surface area (Å²) in [6.45, 7) is 1.28. The maximum absolute atomic E-state index is 9.73. The van der Waals surface area contributed by atoms with Crippen LogP contribution in [0.2, 0.25) is 0 Å². The van der Waals surface area contributed by atoms with E-state index in [1.807, 2.05) is 109 Å². The van der Waals surface area contributed by atoms with Gasteiger partial charge < -0.3 is 20.0 Å². The summed E-state index contributed by atoms with van der Waals surface area (Å²) in [5, 5.41) is 37.7. The van der Waals surface area contributed by atoms with Crippen LogP contribution in [0.4, 0.5) is 11.4 Å². The fraction of sp³-hybridized carbons (Fsp3) is 0.200. The van der Waals surface area contributed by atoms with Crippen LogP contribution < -0.4 is 9.80 Å². The lowest BCUT2D eigenvalue weighted by Gasteiger charge is -2.17. The van der Waals surface area contributed by atoms with E-state index in [1.165, 1.54) is 0 Å². The highest BCUT2D eigenvalue weighted by molar-refractivity contribution is 5.92. The minimum absolute atomic E-state index is 0.0880. The third-order valence-corrected chi connectivity index (χ3v) is 5.91. The van der Waals surface area contributed by atoms with Crippen molar-refractivity contribution < 1.29 is 10.2 Å². The zero-order valence-electron chi connectivity index (χ0n) is 20.6. The minimum Gasteiger partial charge on any atom is -0.395 e. The van der Waals surface area contributed by atoms with E-state index in [-0.39, 0.29) is 13.2 Å². The normalized spacial score (nSPS) is 11.5. The summed E-state index contributed by atoms with van der Waals surface area (Å²) >= 11 is 0. The Morgan fingerprint density at radius 2 is 0.972 bits per heavy atom. The highest BCUT2D eigenvalue weighted by Crippen LogP contribution is 2.24. The highest BCUT2D eigenvalue weighted by Gasteiger charge is 2.07. The van der Waals surface area contributed by atoms with Gasteiger partial charge in [0.25, 0.3) is 0 Å². The molecule has 0 spiro atoms. The molecule has 0 saturated carbocycles. The summed E-state index contributed by atoms with van der Waals surface area (Å²) in [5.74, 6) is 0. The van der Waals surface area contributed by atoms with Crippen LogP contribution in [-0.2, 0) is 0 Å². The molecule has 0 aliphatic heterocycles. The lowest BCUT2D eigenvalue weighted by molar-refractivity contribution is 0.304. The van der Waals surface area contributed by atoms with Gasteiger partial charge in [-0.05, 0) is 58.7 Å². The second-order valence-electron chi connectivity index (χ2n) is 8.39. The minimum atomic E-state index is 0.0880. The van der Waals surface area contributed by atoms with Gasteiger partial charge in [0.15, 0.2) is 0 Å². The predicted molar refractivity (Wildman–Crippen MR) is 147 cm³/mol. The van der Waals surface area contributed by atoms with Gasteiger partial charge in [0.1, 0.15) is 0 Å². The van der Waals surface area contributed by atoms with Crippen molar-refractivity contribution in [2.24, 2.45) is 0 Å². The number of likely N-dealkylation sites (N-methyl/N-ethyl adjacent to an activating group) is 2. The number of allylic oxidation sites excluding steroid dienone is 2. The maximum Gasteiger partial charge on any atom is 0.0998 e. The van der Waals surface area contributed by atoms with Crippen molar-refractivity contribution in [1.82, 2.24) is 0 Å². The van der Waals surface area contributed by atoms with Crippen LogP contribution in [0.5, 0.6) is 0 Å². The first-order valence-electron chi connectivity index (χ1n) is 11.7. The first-order chi connectivity index (χ1) is 17.5. The summed E-state index contributed by atoms with van der Waals surface area (Å²) in [7, 11) is 3.83. The Bertz CT molecular complexity index is 1180. The number of nitriles is 2. The van der Waals surface area contributed by atoms with Gasteiger partial charge in [-0.1, -0.05) is 48.5 Å². The fourth-order valence-corrected chi connectivity index (χ4v) is 3.73. The van der Waals surface area contributed by atoms with Gasteiger partial charge in [0.05, 0.1) is 36.5 Å². The van der Waals surface area contributed by atoms with Gasteiger partial charge in [-0.3, -0.25) is 0 Å². The topological polar surface area (TPSA) is 94.5 Å². The molecule has 6 nitrogen and oxygen atoms in total. The van der Waals surface area contributed by atoms with Crippen molar-refractivity contribution in [3.8, 4) is 12.1 Å². The molecular weight excluding hydrogens is 448 g/mol. The molecule has 3 rings (SSSR count). The summed E-state index contributed by atoms with van der Waals surface area (Å²) in [6.07, 6.45) is 3.67. The average Bonchev–Trinajstić information content (AvgIpc) is 2.91. The molecule has 0 bridgehead atoms. The Balaban J connectivity index is 1.78. The van der Waals surface area contributed by atoms with Gasteiger partial charge in [-0.25, -0.2) is 0 Å². The molecule has 3 aromatic rings. The van der Waals surface area contributed by atoms with E-state index in [0.717, 1.165) is 33.6 Å². The van der Waals surface area contributed by atoms with Crippen LogP contribution in [0, 0.1) is 22.7 Å². The van der Waals surface area contributed by atoms with Crippen LogP contribution in [0.1, 0.15) is 22.3 Å². The van der Waals surface area contributed by atoms with Crippen LogP contribution >= 0.6 is 0 Å². The van der Waals surface area contributed by atoms with Gasteiger partial charge in [-0.2, -0.15) is 10.5 Å². The molecule has 6 heteroatoms.